The fraction of sp³-hybridized carbons (Fsp3) is 0.625. The first kappa shape index (κ1) is 16.3. The molecule has 0 aliphatic heterocycles. The summed E-state index contributed by atoms with van der Waals surface area (Å²) in [4.78, 5) is 0.281. The standard InChI is InChI=1S/C16H26N2O2S/c1-11-5-9-14(10-6-11)18(4)21(19,20)16-13(3)8-7-12(2)15(16)17/h7-8,11,14H,5-6,9-10,17H2,1-4H3. The molecule has 118 valence electrons. The molecule has 1 aromatic carbocycles. The molecule has 4 nitrogen and oxygen atoms in total. The first-order chi connectivity index (χ1) is 9.75. The van der Waals surface area contributed by atoms with E-state index < -0.39 is 10.0 Å². The van der Waals surface area contributed by atoms with Crippen LogP contribution >= 0.6 is 0 Å². The summed E-state index contributed by atoms with van der Waals surface area (Å²) in [7, 11) is -1.84. The van der Waals surface area contributed by atoms with Crippen LogP contribution in [0.2, 0.25) is 0 Å². The van der Waals surface area contributed by atoms with Gasteiger partial charge in [0.05, 0.1) is 5.69 Å². The van der Waals surface area contributed by atoms with Gasteiger partial charge in [0.25, 0.3) is 0 Å². The van der Waals surface area contributed by atoms with Crippen molar-refractivity contribution in [3.8, 4) is 0 Å². The average molecular weight is 310 g/mol. The quantitative estimate of drug-likeness (QED) is 0.873. The lowest BCUT2D eigenvalue weighted by molar-refractivity contribution is 0.246. The van der Waals surface area contributed by atoms with E-state index in [0.717, 1.165) is 31.2 Å². The number of nitrogens with zero attached hydrogens (tertiary/aromatic N) is 1. The van der Waals surface area contributed by atoms with Gasteiger partial charge < -0.3 is 5.73 Å². The van der Waals surface area contributed by atoms with E-state index in [9.17, 15) is 8.42 Å². The molecule has 1 aliphatic rings. The molecule has 0 amide bonds. The van der Waals surface area contributed by atoms with Crippen LogP contribution in [0.5, 0.6) is 0 Å². The smallest absolute Gasteiger partial charge is 0.245 e. The molecule has 21 heavy (non-hydrogen) atoms. The number of benzene rings is 1. The number of aryl methyl sites for hydroxylation is 2. The molecular weight excluding hydrogens is 284 g/mol. The van der Waals surface area contributed by atoms with Crippen molar-refractivity contribution in [3.05, 3.63) is 23.3 Å². The van der Waals surface area contributed by atoms with Gasteiger partial charge >= 0.3 is 0 Å². The summed E-state index contributed by atoms with van der Waals surface area (Å²) in [6, 6.07) is 3.78. The molecule has 0 spiro atoms. The number of hydrogen-bond acceptors (Lipinski definition) is 3. The third-order valence-electron chi connectivity index (χ3n) is 4.75. The predicted molar refractivity (Wildman–Crippen MR) is 86.7 cm³/mol. The minimum atomic E-state index is -3.53. The molecule has 0 bridgehead atoms. The Kier molecular flexibility index (Phi) is 4.63. The average Bonchev–Trinajstić information content (AvgIpc) is 2.43. The highest BCUT2D eigenvalue weighted by atomic mass is 32.2. The van der Waals surface area contributed by atoms with Gasteiger partial charge in [0.2, 0.25) is 10.0 Å². The minimum Gasteiger partial charge on any atom is -0.397 e. The van der Waals surface area contributed by atoms with Crippen molar-refractivity contribution in [1.29, 1.82) is 0 Å². The molecule has 2 rings (SSSR count). The second kappa shape index (κ2) is 5.97. The summed E-state index contributed by atoms with van der Waals surface area (Å²) in [6.45, 7) is 5.88. The monoisotopic (exact) mass is 310 g/mol. The van der Waals surface area contributed by atoms with E-state index in [0.29, 0.717) is 17.2 Å². The zero-order valence-corrected chi connectivity index (χ0v) is 14.2. The van der Waals surface area contributed by atoms with Crippen molar-refractivity contribution in [2.75, 3.05) is 12.8 Å². The van der Waals surface area contributed by atoms with Crippen LogP contribution in [0.3, 0.4) is 0 Å². The maximum absolute atomic E-state index is 13.0. The van der Waals surface area contributed by atoms with Crippen LogP contribution in [-0.4, -0.2) is 25.8 Å². The van der Waals surface area contributed by atoms with Crippen LogP contribution in [0.15, 0.2) is 17.0 Å². The maximum atomic E-state index is 13.0. The Morgan fingerprint density at radius 3 is 2.19 bits per heavy atom. The molecule has 0 unspecified atom stereocenters. The summed E-state index contributed by atoms with van der Waals surface area (Å²) >= 11 is 0. The van der Waals surface area contributed by atoms with Gasteiger partial charge in [-0.2, -0.15) is 4.31 Å². The second-order valence-corrected chi connectivity index (χ2v) is 8.31. The van der Waals surface area contributed by atoms with Gasteiger partial charge in [-0.3, -0.25) is 0 Å². The zero-order valence-electron chi connectivity index (χ0n) is 13.4. The first-order valence-electron chi connectivity index (χ1n) is 7.59. The lowest BCUT2D eigenvalue weighted by Crippen LogP contribution is -2.39. The van der Waals surface area contributed by atoms with Gasteiger partial charge in [-0.25, -0.2) is 8.42 Å². The third-order valence-corrected chi connectivity index (χ3v) is 6.86. The Morgan fingerprint density at radius 1 is 1.10 bits per heavy atom. The molecule has 2 N–H and O–H groups in total. The van der Waals surface area contributed by atoms with E-state index in [2.05, 4.69) is 6.92 Å². The highest BCUT2D eigenvalue weighted by Crippen LogP contribution is 2.33. The number of hydrogen-bond donors (Lipinski definition) is 1. The summed E-state index contributed by atoms with van der Waals surface area (Å²) < 4.78 is 27.4. The van der Waals surface area contributed by atoms with Crippen molar-refractivity contribution in [2.24, 2.45) is 5.92 Å². The molecule has 0 radical (unpaired) electrons. The van der Waals surface area contributed by atoms with E-state index in [1.165, 1.54) is 4.31 Å². The number of anilines is 1. The first-order valence-corrected chi connectivity index (χ1v) is 9.03. The predicted octanol–water partition coefficient (Wildman–Crippen LogP) is 3.08. The van der Waals surface area contributed by atoms with Crippen LogP contribution in [-0.2, 0) is 10.0 Å². The molecule has 1 fully saturated rings. The molecule has 0 aromatic heterocycles. The molecule has 1 aromatic rings. The molecule has 0 atom stereocenters. The van der Waals surface area contributed by atoms with Crippen LogP contribution in [0.25, 0.3) is 0 Å². The van der Waals surface area contributed by atoms with Crippen molar-refractivity contribution in [3.63, 3.8) is 0 Å². The minimum absolute atomic E-state index is 0.0884. The molecule has 0 saturated heterocycles. The molecular formula is C16H26N2O2S. The lowest BCUT2D eigenvalue weighted by atomic mass is 9.87. The van der Waals surface area contributed by atoms with Crippen molar-refractivity contribution in [1.82, 2.24) is 4.31 Å². The Balaban J connectivity index is 2.36. The second-order valence-electron chi connectivity index (χ2n) is 6.38. The van der Waals surface area contributed by atoms with Gasteiger partial charge in [-0.15, -0.1) is 0 Å². The fourth-order valence-electron chi connectivity index (χ4n) is 3.10. The fourth-order valence-corrected chi connectivity index (χ4v) is 4.90. The molecule has 1 saturated carbocycles. The Hall–Kier alpha value is -1.07. The van der Waals surface area contributed by atoms with Crippen LogP contribution in [0, 0.1) is 19.8 Å². The van der Waals surface area contributed by atoms with Crippen molar-refractivity contribution < 1.29 is 8.42 Å². The molecule has 5 heteroatoms. The van der Waals surface area contributed by atoms with Gasteiger partial charge in [-0.05, 0) is 56.6 Å². The van der Waals surface area contributed by atoms with Crippen LogP contribution in [0.1, 0.15) is 43.7 Å². The van der Waals surface area contributed by atoms with Gasteiger partial charge in [0.15, 0.2) is 0 Å². The number of nitrogens with two attached hydrogens (primary N) is 1. The summed E-state index contributed by atoms with van der Waals surface area (Å²) in [5.74, 6) is 0.697. The van der Waals surface area contributed by atoms with E-state index in [1.54, 1.807) is 14.0 Å². The Bertz CT molecular complexity index is 617. The normalized spacial score (nSPS) is 23.5. The van der Waals surface area contributed by atoms with E-state index in [-0.39, 0.29) is 10.9 Å². The Labute approximate surface area is 128 Å². The van der Waals surface area contributed by atoms with E-state index >= 15 is 0 Å². The molecule has 0 heterocycles. The summed E-state index contributed by atoms with van der Waals surface area (Å²) in [6.07, 6.45) is 4.04. The van der Waals surface area contributed by atoms with Crippen LogP contribution in [0.4, 0.5) is 5.69 Å². The summed E-state index contributed by atoms with van der Waals surface area (Å²) in [5, 5.41) is 0. The molecule has 1 aliphatic carbocycles. The largest absolute Gasteiger partial charge is 0.397 e. The van der Waals surface area contributed by atoms with E-state index in [1.807, 2.05) is 19.1 Å². The van der Waals surface area contributed by atoms with Gasteiger partial charge in [0, 0.05) is 13.1 Å². The highest BCUT2D eigenvalue weighted by Gasteiger charge is 2.32. The lowest BCUT2D eigenvalue weighted by Gasteiger charge is -2.33. The van der Waals surface area contributed by atoms with E-state index in [4.69, 9.17) is 5.73 Å². The highest BCUT2D eigenvalue weighted by molar-refractivity contribution is 7.89. The van der Waals surface area contributed by atoms with Crippen molar-refractivity contribution in [2.45, 2.75) is 57.4 Å². The van der Waals surface area contributed by atoms with Crippen molar-refractivity contribution >= 4 is 15.7 Å². The zero-order chi connectivity index (χ0) is 15.8. The third kappa shape index (κ3) is 3.09. The summed E-state index contributed by atoms with van der Waals surface area (Å²) in [5.41, 5.74) is 7.96. The number of sulfonamides is 1. The number of nitrogen functional groups attached to an aromatic ring is 1. The van der Waals surface area contributed by atoms with Gasteiger partial charge in [0.1, 0.15) is 4.90 Å². The maximum Gasteiger partial charge on any atom is 0.245 e. The Morgan fingerprint density at radius 2 is 1.62 bits per heavy atom. The van der Waals surface area contributed by atoms with Crippen LogP contribution < -0.4 is 5.73 Å². The SMILES string of the molecule is Cc1ccc(C)c(S(=O)(=O)N(C)C2CCC(C)CC2)c1N. The topological polar surface area (TPSA) is 63.4 Å². The number of rotatable bonds is 3. The van der Waals surface area contributed by atoms with Gasteiger partial charge in [-0.1, -0.05) is 19.1 Å².